The van der Waals surface area contributed by atoms with Crippen molar-refractivity contribution in [2.75, 3.05) is 0 Å². The number of ether oxygens (including phenoxy) is 1. The molecule has 2 nitrogen and oxygen atoms in total. The summed E-state index contributed by atoms with van der Waals surface area (Å²) in [6.45, 7) is 2.04. The Kier molecular flexibility index (Phi) is 7.17. The van der Waals surface area contributed by atoms with Crippen LogP contribution < -0.4 is 4.74 Å². The number of carbonyl (C=O) groups is 1. The third-order valence-corrected chi connectivity index (χ3v) is 6.57. The normalized spacial score (nSPS) is 18.7. The number of fused-ring (bicyclic) bond motifs is 1. The summed E-state index contributed by atoms with van der Waals surface area (Å²) in [5, 5.41) is 0.858. The standard InChI is InChI=1S/C28H27F3O2/c1-2-3-4-5-18-6-8-19(9-7-18)20-11-13-24(25(29)15-20)28(32)33-23-12-10-21-16-26(30)27(31)17-22(21)14-23/h2-3,10-19H,4-9H2,1H3/b3-2+. The van der Waals surface area contributed by atoms with Crippen molar-refractivity contribution in [3.63, 3.8) is 0 Å². The maximum atomic E-state index is 14.8. The van der Waals surface area contributed by atoms with Gasteiger partial charge in [-0.15, -0.1) is 0 Å². The van der Waals surface area contributed by atoms with Crippen LogP contribution in [0.5, 0.6) is 5.75 Å². The molecule has 0 N–H and O–H groups in total. The van der Waals surface area contributed by atoms with Crippen LogP contribution in [0.25, 0.3) is 10.8 Å². The van der Waals surface area contributed by atoms with E-state index in [0.29, 0.717) is 16.7 Å². The van der Waals surface area contributed by atoms with Crippen molar-refractivity contribution in [3.05, 3.63) is 89.3 Å². The van der Waals surface area contributed by atoms with Crippen molar-refractivity contribution < 1.29 is 22.7 Å². The Morgan fingerprint density at radius 3 is 2.33 bits per heavy atom. The molecule has 0 saturated heterocycles. The first-order valence-corrected chi connectivity index (χ1v) is 11.5. The lowest BCUT2D eigenvalue weighted by Gasteiger charge is -2.28. The van der Waals surface area contributed by atoms with E-state index in [2.05, 4.69) is 12.2 Å². The van der Waals surface area contributed by atoms with Crippen molar-refractivity contribution in [1.29, 1.82) is 0 Å². The van der Waals surface area contributed by atoms with E-state index >= 15 is 0 Å². The van der Waals surface area contributed by atoms with Crippen LogP contribution in [0.3, 0.4) is 0 Å². The van der Waals surface area contributed by atoms with Gasteiger partial charge in [-0.1, -0.05) is 24.3 Å². The third kappa shape index (κ3) is 5.47. The Balaban J connectivity index is 1.41. The van der Waals surface area contributed by atoms with E-state index in [1.54, 1.807) is 0 Å². The molecular formula is C28H27F3O2. The molecule has 0 bridgehead atoms. The molecule has 0 aliphatic heterocycles. The van der Waals surface area contributed by atoms with Crippen LogP contribution in [0.1, 0.15) is 67.3 Å². The second-order valence-corrected chi connectivity index (χ2v) is 8.77. The highest BCUT2D eigenvalue weighted by Crippen LogP contribution is 2.38. The molecule has 0 atom stereocenters. The fourth-order valence-corrected chi connectivity index (χ4v) is 4.68. The zero-order valence-electron chi connectivity index (χ0n) is 18.6. The molecule has 1 saturated carbocycles. The molecule has 3 aromatic carbocycles. The molecule has 1 aliphatic carbocycles. The predicted molar refractivity (Wildman–Crippen MR) is 124 cm³/mol. The van der Waals surface area contributed by atoms with Crippen molar-refractivity contribution in [3.8, 4) is 5.75 Å². The molecule has 0 heterocycles. The minimum atomic E-state index is -0.987. The molecule has 0 aromatic heterocycles. The highest BCUT2D eigenvalue weighted by Gasteiger charge is 2.24. The first-order valence-electron chi connectivity index (χ1n) is 11.5. The van der Waals surface area contributed by atoms with Crippen LogP contribution >= 0.6 is 0 Å². The van der Waals surface area contributed by atoms with Gasteiger partial charge in [0.2, 0.25) is 0 Å². The summed E-state index contributed by atoms with van der Waals surface area (Å²) in [7, 11) is 0. The van der Waals surface area contributed by atoms with E-state index in [4.69, 9.17) is 4.74 Å². The van der Waals surface area contributed by atoms with Crippen LogP contribution in [0.4, 0.5) is 13.2 Å². The summed E-state index contributed by atoms with van der Waals surface area (Å²) < 4.78 is 47.0. The lowest BCUT2D eigenvalue weighted by molar-refractivity contribution is 0.0730. The lowest BCUT2D eigenvalue weighted by atomic mass is 9.77. The van der Waals surface area contributed by atoms with Gasteiger partial charge in [0.1, 0.15) is 11.6 Å². The van der Waals surface area contributed by atoms with Crippen molar-refractivity contribution in [2.45, 2.75) is 51.4 Å². The molecule has 0 spiro atoms. The smallest absolute Gasteiger partial charge is 0.346 e. The summed E-state index contributed by atoms with van der Waals surface area (Å²) in [6, 6.07) is 11.3. The Morgan fingerprint density at radius 2 is 1.64 bits per heavy atom. The third-order valence-electron chi connectivity index (χ3n) is 6.57. The van der Waals surface area contributed by atoms with Gasteiger partial charge in [-0.2, -0.15) is 0 Å². The highest BCUT2D eigenvalue weighted by atomic mass is 19.2. The Morgan fingerprint density at radius 1 is 0.909 bits per heavy atom. The van der Waals surface area contributed by atoms with Crippen LogP contribution in [0, 0.1) is 23.4 Å². The molecule has 5 heteroatoms. The molecule has 33 heavy (non-hydrogen) atoms. The number of rotatable bonds is 6. The second kappa shape index (κ2) is 10.2. The number of allylic oxidation sites excluding steroid dienone is 2. The molecule has 0 unspecified atom stereocenters. The number of halogens is 3. The van der Waals surface area contributed by atoms with Crippen molar-refractivity contribution in [2.24, 2.45) is 5.92 Å². The number of hydrogen-bond donors (Lipinski definition) is 0. The average molecular weight is 453 g/mol. The van der Waals surface area contributed by atoms with Gasteiger partial charge in [0.05, 0.1) is 5.56 Å². The number of hydrogen-bond acceptors (Lipinski definition) is 2. The van der Waals surface area contributed by atoms with Crippen LogP contribution in [-0.2, 0) is 0 Å². The molecule has 1 aliphatic rings. The topological polar surface area (TPSA) is 26.3 Å². The zero-order valence-corrected chi connectivity index (χ0v) is 18.6. The van der Waals surface area contributed by atoms with Crippen molar-refractivity contribution in [1.82, 2.24) is 0 Å². The SMILES string of the molecule is C/C=C/CCC1CCC(c2ccc(C(=O)Oc3ccc4cc(F)c(F)cc4c3)c(F)c2)CC1. The fraction of sp³-hybridized carbons (Fsp3) is 0.321. The lowest BCUT2D eigenvalue weighted by Crippen LogP contribution is -2.15. The molecule has 4 rings (SSSR count). The maximum absolute atomic E-state index is 14.8. The van der Waals surface area contributed by atoms with E-state index < -0.39 is 23.4 Å². The number of carbonyl (C=O) groups excluding carboxylic acids is 1. The largest absolute Gasteiger partial charge is 0.423 e. The minimum absolute atomic E-state index is 0.137. The first-order chi connectivity index (χ1) is 15.9. The van der Waals surface area contributed by atoms with Crippen LogP contribution in [-0.4, -0.2) is 5.97 Å². The van der Waals surface area contributed by atoms with Gasteiger partial charge in [0, 0.05) is 0 Å². The molecule has 0 radical (unpaired) electrons. The minimum Gasteiger partial charge on any atom is -0.423 e. The zero-order chi connectivity index (χ0) is 23.4. The van der Waals surface area contributed by atoms with Gasteiger partial charge in [0.25, 0.3) is 0 Å². The molecular weight excluding hydrogens is 425 g/mol. The van der Waals surface area contributed by atoms with E-state index in [1.165, 1.54) is 36.8 Å². The van der Waals surface area contributed by atoms with Gasteiger partial charge in [-0.3, -0.25) is 0 Å². The van der Waals surface area contributed by atoms with E-state index in [0.717, 1.165) is 55.7 Å². The quantitative estimate of drug-likeness (QED) is 0.214. The number of benzene rings is 3. The van der Waals surface area contributed by atoms with Gasteiger partial charge in [0.15, 0.2) is 11.6 Å². The first kappa shape index (κ1) is 23.1. The van der Waals surface area contributed by atoms with E-state index in [1.807, 2.05) is 13.0 Å². The second-order valence-electron chi connectivity index (χ2n) is 8.77. The summed E-state index contributed by atoms with van der Waals surface area (Å²) in [5.74, 6) is -2.20. The summed E-state index contributed by atoms with van der Waals surface area (Å²) >= 11 is 0. The Labute approximate surface area is 192 Å². The van der Waals surface area contributed by atoms with E-state index in [9.17, 15) is 18.0 Å². The number of esters is 1. The Bertz CT molecular complexity index is 1180. The monoisotopic (exact) mass is 452 g/mol. The van der Waals surface area contributed by atoms with E-state index in [-0.39, 0.29) is 11.3 Å². The molecule has 1 fully saturated rings. The molecule has 0 amide bonds. The Hall–Kier alpha value is -3.08. The van der Waals surface area contributed by atoms with Gasteiger partial charge in [-0.05, 0) is 110 Å². The van der Waals surface area contributed by atoms with Gasteiger partial charge < -0.3 is 4.74 Å². The fourth-order valence-electron chi connectivity index (χ4n) is 4.68. The predicted octanol–water partition coefficient (Wildman–Crippen LogP) is 8.11. The summed E-state index contributed by atoms with van der Waals surface area (Å²) in [6.07, 6.45) is 10.9. The van der Waals surface area contributed by atoms with Gasteiger partial charge >= 0.3 is 5.97 Å². The highest BCUT2D eigenvalue weighted by molar-refractivity contribution is 5.92. The van der Waals surface area contributed by atoms with Gasteiger partial charge in [-0.25, -0.2) is 18.0 Å². The summed E-state index contributed by atoms with van der Waals surface area (Å²) in [5.41, 5.74) is 0.767. The van der Waals surface area contributed by atoms with Crippen LogP contribution in [0.15, 0.2) is 60.7 Å². The average Bonchev–Trinajstić information content (AvgIpc) is 2.80. The van der Waals surface area contributed by atoms with Crippen LogP contribution in [0.2, 0.25) is 0 Å². The summed E-state index contributed by atoms with van der Waals surface area (Å²) in [4.78, 5) is 12.5. The maximum Gasteiger partial charge on any atom is 0.346 e. The molecule has 172 valence electrons. The van der Waals surface area contributed by atoms with Crippen molar-refractivity contribution >= 4 is 16.7 Å². The molecule has 3 aromatic rings.